The number of thiazole rings is 1. The maximum Gasteiger partial charge on any atom is 0.124 e. The van der Waals surface area contributed by atoms with Crippen LogP contribution in [-0.4, -0.2) is 9.55 Å². The number of benzene rings is 9. The van der Waals surface area contributed by atoms with Gasteiger partial charge in [0, 0.05) is 27.4 Å². The topological polar surface area (TPSA) is 17.8 Å². The number of nitrogens with zero attached hydrogens (tertiary/aromatic N) is 2. The van der Waals surface area contributed by atoms with Gasteiger partial charge in [-0.25, -0.2) is 4.98 Å². The Morgan fingerprint density at radius 2 is 1.06 bits per heavy atom. The average molecular weight is 653 g/mol. The number of para-hydroxylation sites is 2. The van der Waals surface area contributed by atoms with Crippen LogP contribution in [0.1, 0.15) is 0 Å². The average Bonchev–Trinajstić information content (AvgIpc) is 3.77. The fourth-order valence-electron chi connectivity index (χ4n) is 8.14. The van der Waals surface area contributed by atoms with E-state index in [4.69, 9.17) is 4.98 Å². The molecule has 2 aromatic heterocycles. The maximum absolute atomic E-state index is 4.95. The predicted molar refractivity (Wildman–Crippen MR) is 215 cm³/mol. The third-order valence-corrected chi connectivity index (χ3v) is 11.5. The van der Waals surface area contributed by atoms with Gasteiger partial charge in [0.1, 0.15) is 5.01 Å². The zero-order valence-electron chi connectivity index (χ0n) is 27.0. The highest BCUT2D eigenvalue weighted by molar-refractivity contribution is 7.21. The first-order valence-electron chi connectivity index (χ1n) is 17.0. The fraction of sp³-hybridized carbons (Fsp3) is 0. The van der Waals surface area contributed by atoms with Crippen molar-refractivity contribution >= 4 is 86.4 Å². The van der Waals surface area contributed by atoms with Crippen LogP contribution in [0, 0.1) is 0 Å². The Kier molecular flexibility index (Phi) is 5.86. The van der Waals surface area contributed by atoms with Crippen molar-refractivity contribution in [2.24, 2.45) is 0 Å². The van der Waals surface area contributed by atoms with E-state index in [0.29, 0.717) is 0 Å². The molecule has 0 aliphatic heterocycles. The van der Waals surface area contributed by atoms with Gasteiger partial charge in [0.15, 0.2) is 0 Å². The highest BCUT2D eigenvalue weighted by Gasteiger charge is 2.22. The van der Waals surface area contributed by atoms with Gasteiger partial charge < -0.3 is 4.57 Å². The molecule has 0 aliphatic carbocycles. The lowest BCUT2D eigenvalue weighted by Crippen LogP contribution is -1.96. The van der Waals surface area contributed by atoms with Gasteiger partial charge in [0.05, 0.1) is 21.3 Å². The molecule has 0 saturated carbocycles. The molecule has 0 N–H and O–H groups in total. The molecule has 0 bridgehead atoms. The Hall–Kier alpha value is -6.29. The SMILES string of the molecule is c1ccc2cc(-c3cc4c5ccccc5c5c6ccccc6n(-c6ccc(-c7nc8ccccc8s7)cc6)c5c4c4ccccc34)ccc2c1. The Morgan fingerprint density at radius 3 is 1.88 bits per heavy atom. The van der Waals surface area contributed by atoms with Gasteiger partial charge in [0.2, 0.25) is 0 Å². The fourth-order valence-corrected chi connectivity index (χ4v) is 9.11. The molecule has 0 atom stereocenters. The second-order valence-electron chi connectivity index (χ2n) is 13.1. The molecule has 0 aliphatic rings. The van der Waals surface area contributed by atoms with Crippen molar-refractivity contribution in [1.29, 1.82) is 0 Å². The standard InChI is InChI=1S/C47H28N2S/c1-2-12-31-27-32(22-21-29(31)11-1)39-28-40-35-14-4-6-16-37(35)44-38-17-7-9-19-42(38)49(46(44)45(40)36-15-5-3-13-34(36)39)33-25-23-30(24-26-33)47-48-41-18-8-10-20-43(41)50-47/h1-28H. The minimum Gasteiger partial charge on any atom is -0.309 e. The number of rotatable bonds is 3. The molecule has 0 spiro atoms. The Morgan fingerprint density at radius 1 is 0.440 bits per heavy atom. The van der Waals surface area contributed by atoms with Crippen molar-refractivity contribution in [3.8, 4) is 27.4 Å². The highest BCUT2D eigenvalue weighted by Crippen LogP contribution is 2.47. The highest BCUT2D eigenvalue weighted by atomic mass is 32.1. The van der Waals surface area contributed by atoms with E-state index in [2.05, 4.69) is 174 Å². The van der Waals surface area contributed by atoms with Gasteiger partial charge in [0.25, 0.3) is 0 Å². The van der Waals surface area contributed by atoms with Crippen molar-refractivity contribution in [1.82, 2.24) is 9.55 Å². The smallest absolute Gasteiger partial charge is 0.124 e. The number of hydrogen-bond donors (Lipinski definition) is 0. The lowest BCUT2D eigenvalue weighted by molar-refractivity contribution is 1.19. The van der Waals surface area contributed by atoms with Crippen LogP contribution in [0.3, 0.4) is 0 Å². The third-order valence-electron chi connectivity index (χ3n) is 10.4. The molecule has 2 nitrogen and oxygen atoms in total. The van der Waals surface area contributed by atoms with Gasteiger partial charge in [-0.2, -0.15) is 0 Å². The van der Waals surface area contributed by atoms with Crippen LogP contribution in [0.4, 0.5) is 0 Å². The van der Waals surface area contributed by atoms with Gasteiger partial charge >= 0.3 is 0 Å². The van der Waals surface area contributed by atoms with Gasteiger partial charge in [-0.15, -0.1) is 11.3 Å². The van der Waals surface area contributed by atoms with Gasteiger partial charge in [-0.05, 0) is 103 Å². The normalized spacial score (nSPS) is 12.0. The van der Waals surface area contributed by atoms with E-state index in [1.807, 2.05) is 0 Å². The van der Waals surface area contributed by atoms with Crippen LogP contribution < -0.4 is 0 Å². The van der Waals surface area contributed by atoms with Crippen molar-refractivity contribution in [2.75, 3.05) is 0 Å². The molecule has 9 aromatic carbocycles. The largest absolute Gasteiger partial charge is 0.309 e. The van der Waals surface area contributed by atoms with Crippen molar-refractivity contribution in [3.05, 3.63) is 170 Å². The second-order valence-corrected chi connectivity index (χ2v) is 14.1. The third kappa shape index (κ3) is 3.98. The van der Waals surface area contributed by atoms with Crippen LogP contribution in [0.5, 0.6) is 0 Å². The quantitative estimate of drug-likeness (QED) is 0.174. The first kappa shape index (κ1) is 27.6. The first-order chi connectivity index (χ1) is 24.8. The molecule has 3 heteroatoms. The van der Waals surface area contributed by atoms with Crippen LogP contribution in [0.25, 0.3) is 102 Å². The molecule has 0 saturated heterocycles. The minimum atomic E-state index is 1.05. The number of aromatic nitrogens is 2. The molecule has 0 fully saturated rings. The summed E-state index contributed by atoms with van der Waals surface area (Å²) >= 11 is 1.75. The molecule has 0 unspecified atom stereocenters. The lowest BCUT2D eigenvalue weighted by atomic mass is 9.88. The Balaban J connectivity index is 1.25. The summed E-state index contributed by atoms with van der Waals surface area (Å²) in [6, 6.07) is 62.1. The molecule has 50 heavy (non-hydrogen) atoms. The summed E-state index contributed by atoms with van der Waals surface area (Å²) < 4.78 is 3.70. The maximum atomic E-state index is 4.95. The summed E-state index contributed by atoms with van der Waals surface area (Å²) in [5.41, 5.74) is 8.26. The van der Waals surface area contributed by atoms with E-state index in [1.54, 1.807) is 11.3 Å². The summed E-state index contributed by atoms with van der Waals surface area (Å²) in [5, 5.41) is 13.7. The molecule has 2 heterocycles. The number of fused-ring (bicyclic) bond motifs is 12. The van der Waals surface area contributed by atoms with Gasteiger partial charge in [-0.3, -0.25) is 0 Å². The van der Waals surface area contributed by atoms with Crippen molar-refractivity contribution in [2.45, 2.75) is 0 Å². The van der Waals surface area contributed by atoms with Crippen LogP contribution in [-0.2, 0) is 0 Å². The van der Waals surface area contributed by atoms with E-state index < -0.39 is 0 Å². The minimum absolute atomic E-state index is 1.05. The van der Waals surface area contributed by atoms with Crippen LogP contribution >= 0.6 is 11.3 Å². The van der Waals surface area contributed by atoms with Gasteiger partial charge in [-0.1, -0.05) is 115 Å². The van der Waals surface area contributed by atoms with E-state index in [9.17, 15) is 0 Å². The Bertz CT molecular complexity index is 3110. The van der Waals surface area contributed by atoms with E-state index in [0.717, 1.165) is 21.8 Å². The summed E-state index contributed by atoms with van der Waals surface area (Å²) in [5.74, 6) is 0. The zero-order valence-corrected chi connectivity index (χ0v) is 27.8. The molecule has 11 rings (SSSR count). The van der Waals surface area contributed by atoms with E-state index >= 15 is 0 Å². The Labute approximate surface area is 292 Å². The summed E-state index contributed by atoms with van der Waals surface area (Å²) in [6.07, 6.45) is 0. The molecule has 11 aromatic rings. The van der Waals surface area contributed by atoms with Crippen LogP contribution in [0.15, 0.2) is 170 Å². The van der Waals surface area contributed by atoms with E-state index in [-0.39, 0.29) is 0 Å². The molecular weight excluding hydrogens is 625 g/mol. The summed E-state index contributed by atoms with van der Waals surface area (Å²) in [6.45, 7) is 0. The molecular formula is C47H28N2S. The molecule has 232 valence electrons. The predicted octanol–water partition coefficient (Wildman–Crippen LogP) is 13.3. The first-order valence-corrected chi connectivity index (χ1v) is 17.9. The number of hydrogen-bond acceptors (Lipinski definition) is 2. The van der Waals surface area contributed by atoms with Crippen LogP contribution in [0.2, 0.25) is 0 Å². The summed E-state index contributed by atoms with van der Waals surface area (Å²) in [4.78, 5) is 4.95. The van der Waals surface area contributed by atoms with E-state index in [1.165, 1.54) is 80.7 Å². The molecule has 0 radical (unpaired) electrons. The monoisotopic (exact) mass is 652 g/mol. The second kappa shape index (κ2) is 10.6. The molecule has 0 amide bonds. The summed E-state index contributed by atoms with van der Waals surface area (Å²) in [7, 11) is 0. The van der Waals surface area contributed by atoms with Crippen molar-refractivity contribution < 1.29 is 0 Å². The lowest BCUT2D eigenvalue weighted by Gasteiger charge is -2.17. The zero-order chi connectivity index (χ0) is 32.8. The van der Waals surface area contributed by atoms with Crippen molar-refractivity contribution in [3.63, 3.8) is 0 Å².